The Morgan fingerprint density at radius 2 is 1.66 bits per heavy atom. The maximum Gasteiger partial charge on any atom is 0.255 e. The summed E-state index contributed by atoms with van der Waals surface area (Å²) in [5.74, 6) is -1.90. The second kappa shape index (κ2) is 6.61. The molecule has 1 unspecified atom stereocenters. The van der Waals surface area contributed by atoms with Gasteiger partial charge in [0.25, 0.3) is 5.88 Å². The summed E-state index contributed by atoms with van der Waals surface area (Å²) in [6.07, 6.45) is 2.77. The average Bonchev–Trinajstić information content (AvgIpc) is 3.33. The lowest BCUT2D eigenvalue weighted by atomic mass is 9.81. The minimum atomic E-state index is -0.753. The summed E-state index contributed by atoms with van der Waals surface area (Å²) in [5.41, 5.74) is 2.24. The fraction of sp³-hybridized carbons (Fsp3) is 0.409. The number of Topliss-reactive ketones (excluding diaryl/α,β-unsaturated/α-hetero) is 2. The van der Waals surface area contributed by atoms with E-state index >= 15 is 0 Å². The molecule has 1 aliphatic carbocycles. The lowest BCUT2D eigenvalue weighted by Crippen LogP contribution is -2.29. The van der Waals surface area contributed by atoms with Crippen LogP contribution in [0.1, 0.15) is 35.4 Å². The summed E-state index contributed by atoms with van der Waals surface area (Å²) in [6, 6.07) is 4.54. The molecule has 5 atom stereocenters. The molecule has 7 heteroatoms. The van der Waals surface area contributed by atoms with E-state index in [1.807, 2.05) is 13.8 Å². The topological polar surface area (TPSA) is 65.5 Å². The highest BCUT2D eigenvalue weighted by atomic mass is 35.5. The molecule has 5 nitrogen and oxygen atoms in total. The summed E-state index contributed by atoms with van der Waals surface area (Å²) in [6.45, 7) is 3.67. The molecule has 0 spiro atoms. The molecule has 150 valence electrons. The Morgan fingerprint density at radius 1 is 1.07 bits per heavy atom. The number of carbonyl (C=O) groups excluding carboxylic acids is 2. The highest BCUT2D eigenvalue weighted by Crippen LogP contribution is 2.53. The maximum atomic E-state index is 14.0. The quantitative estimate of drug-likeness (QED) is 0.699. The monoisotopic (exact) mass is 415 g/mol. The molecule has 0 radical (unpaired) electrons. The predicted octanol–water partition coefficient (Wildman–Crippen LogP) is 4.31. The molecule has 3 heterocycles. The Morgan fingerprint density at radius 3 is 2.21 bits per heavy atom. The third kappa shape index (κ3) is 2.81. The van der Waals surface area contributed by atoms with E-state index < -0.39 is 11.7 Å². The van der Waals surface area contributed by atoms with Gasteiger partial charge in [-0.25, -0.2) is 9.37 Å². The third-order valence-corrected chi connectivity index (χ3v) is 6.55. The van der Waals surface area contributed by atoms with Crippen LogP contribution in [0, 0.1) is 31.5 Å². The van der Waals surface area contributed by atoms with E-state index in [1.165, 1.54) is 6.20 Å². The zero-order valence-corrected chi connectivity index (χ0v) is 16.7. The standard InChI is InChI=1S/C22H19ClFNO4/c1-9-5-12(28-22-13(24)7-11(23)8-25-22)6-10(2)16(9)19-20(26)17-14-3-4-15(29-14)18(17)21(19)27/h5-8,14-15,17-19H,3-4H2,1-2H3/t14-,15+,17-,18+,19?. The molecule has 1 saturated carbocycles. The van der Waals surface area contributed by atoms with Gasteiger partial charge in [0.2, 0.25) is 0 Å². The number of nitrogens with zero attached hydrogens (tertiary/aromatic N) is 1. The lowest BCUT2D eigenvalue weighted by molar-refractivity contribution is -0.127. The van der Waals surface area contributed by atoms with Crippen molar-refractivity contribution >= 4 is 23.2 Å². The number of aromatic nitrogens is 1. The smallest absolute Gasteiger partial charge is 0.255 e. The Kier molecular flexibility index (Phi) is 4.26. The van der Waals surface area contributed by atoms with Gasteiger partial charge in [0, 0.05) is 6.20 Å². The van der Waals surface area contributed by atoms with Gasteiger partial charge in [-0.15, -0.1) is 0 Å². The number of fused-ring (bicyclic) bond motifs is 5. The SMILES string of the molecule is Cc1cc(Oc2ncc(Cl)cc2F)cc(C)c1C1C(=O)[C@@H]2[C@H](C1=O)[C@H]1CC[C@@H]2O1. The summed E-state index contributed by atoms with van der Waals surface area (Å²) in [4.78, 5) is 30.1. The first kappa shape index (κ1) is 18.7. The first-order chi connectivity index (χ1) is 13.8. The van der Waals surface area contributed by atoms with Gasteiger partial charge in [-0.3, -0.25) is 9.59 Å². The number of rotatable bonds is 3. The van der Waals surface area contributed by atoms with Gasteiger partial charge >= 0.3 is 0 Å². The average molecular weight is 416 g/mol. The number of ether oxygens (including phenoxy) is 2. The summed E-state index contributed by atoms with van der Waals surface area (Å²) < 4.78 is 25.4. The van der Waals surface area contributed by atoms with Gasteiger partial charge in [-0.05, 0) is 61.6 Å². The maximum absolute atomic E-state index is 14.0. The number of carbonyl (C=O) groups is 2. The van der Waals surface area contributed by atoms with Crippen molar-refractivity contribution in [2.75, 3.05) is 0 Å². The van der Waals surface area contributed by atoms with E-state index in [9.17, 15) is 14.0 Å². The van der Waals surface area contributed by atoms with Crippen LogP contribution in [0.5, 0.6) is 11.6 Å². The van der Waals surface area contributed by atoms with Crippen LogP contribution in [0.25, 0.3) is 0 Å². The molecule has 2 saturated heterocycles. The number of hydrogen-bond donors (Lipinski definition) is 0. The van der Waals surface area contributed by atoms with Crippen LogP contribution in [0.2, 0.25) is 5.02 Å². The van der Waals surface area contributed by atoms with E-state index in [0.717, 1.165) is 35.6 Å². The van der Waals surface area contributed by atoms with Crippen molar-refractivity contribution in [1.82, 2.24) is 4.98 Å². The molecule has 2 aliphatic heterocycles. The molecule has 29 heavy (non-hydrogen) atoms. The van der Waals surface area contributed by atoms with Crippen LogP contribution in [-0.2, 0) is 14.3 Å². The molecule has 3 aliphatic rings. The molecule has 3 fully saturated rings. The number of pyridine rings is 1. The van der Waals surface area contributed by atoms with Crippen LogP contribution < -0.4 is 4.74 Å². The molecule has 1 aromatic carbocycles. The molecular formula is C22H19ClFNO4. The molecule has 2 bridgehead atoms. The first-order valence-corrected chi connectivity index (χ1v) is 10.1. The largest absolute Gasteiger partial charge is 0.436 e. The fourth-order valence-electron chi connectivity index (χ4n) is 5.25. The minimum Gasteiger partial charge on any atom is -0.436 e. The van der Waals surface area contributed by atoms with Crippen molar-refractivity contribution in [1.29, 1.82) is 0 Å². The zero-order valence-electron chi connectivity index (χ0n) is 15.9. The molecule has 1 aromatic heterocycles. The van der Waals surface area contributed by atoms with Crippen LogP contribution in [-0.4, -0.2) is 28.8 Å². The van der Waals surface area contributed by atoms with E-state index in [1.54, 1.807) is 12.1 Å². The van der Waals surface area contributed by atoms with Crippen LogP contribution in [0.3, 0.4) is 0 Å². The van der Waals surface area contributed by atoms with Crippen molar-refractivity contribution in [3.8, 4) is 11.6 Å². The summed E-state index contributed by atoms with van der Waals surface area (Å²) >= 11 is 5.73. The number of halogens is 2. The number of benzene rings is 1. The van der Waals surface area contributed by atoms with Gasteiger partial charge in [-0.1, -0.05) is 11.6 Å². The summed E-state index contributed by atoms with van der Waals surface area (Å²) in [7, 11) is 0. The van der Waals surface area contributed by atoms with Gasteiger partial charge in [0.1, 0.15) is 11.7 Å². The highest BCUT2D eigenvalue weighted by Gasteiger charge is 2.63. The molecule has 2 aromatic rings. The van der Waals surface area contributed by atoms with E-state index in [0.29, 0.717) is 5.75 Å². The van der Waals surface area contributed by atoms with Gasteiger partial charge in [0.15, 0.2) is 17.4 Å². The highest BCUT2D eigenvalue weighted by molar-refractivity contribution is 6.30. The van der Waals surface area contributed by atoms with E-state index in [4.69, 9.17) is 21.1 Å². The first-order valence-electron chi connectivity index (χ1n) is 9.68. The van der Waals surface area contributed by atoms with Crippen LogP contribution >= 0.6 is 11.6 Å². The lowest BCUT2D eigenvalue weighted by Gasteiger charge is -2.18. The summed E-state index contributed by atoms with van der Waals surface area (Å²) in [5, 5.41) is 0.180. The number of hydrogen-bond acceptors (Lipinski definition) is 5. The second-order valence-electron chi connectivity index (χ2n) is 8.09. The Balaban J connectivity index is 1.48. The normalized spacial score (nSPS) is 30.1. The predicted molar refractivity (Wildman–Crippen MR) is 103 cm³/mol. The van der Waals surface area contributed by atoms with Crippen molar-refractivity contribution in [3.05, 3.63) is 51.9 Å². The third-order valence-electron chi connectivity index (χ3n) is 6.34. The van der Waals surface area contributed by atoms with Gasteiger partial charge in [0.05, 0.1) is 29.1 Å². The number of ketones is 2. The molecular weight excluding hydrogens is 397 g/mol. The van der Waals surface area contributed by atoms with Crippen molar-refractivity contribution < 1.29 is 23.5 Å². The molecule has 0 N–H and O–H groups in total. The second-order valence-corrected chi connectivity index (χ2v) is 8.53. The van der Waals surface area contributed by atoms with Gasteiger partial charge < -0.3 is 9.47 Å². The van der Waals surface area contributed by atoms with Crippen LogP contribution in [0.4, 0.5) is 4.39 Å². The Bertz CT molecular complexity index is 1000. The minimum absolute atomic E-state index is 0.0301. The van der Waals surface area contributed by atoms with E-state index in [-0.39, 0.29) is 46.5 Å². The zero-order chi connectivity index (χ0) is 20.4. The Labute approximate surface area is 172 Å². The van der Waals surface area contributed by atoms with Crippen molar-refractivity contribution in [3.63, 3.8) is 0 Å². The van der Waals surface area contributed by atoms with E-state index in [2.05, 4.69) is 4.98 Å². The Hall–Kier alpha value is -2.31. The fourth-order valence-corrected chi connectivity index (χ4v) is 5.39. The van der Waals surface area contributed by atoms with Crippen LogP contribution in [0.15, 0.2) is 24.4 Å². The number of aryl methyl sites for hydroxylation is 2. The van der Waals surface area contributed by atoms with Crippen molar-refractivity contribution in [2.45, 2.75) is 44.8 Å². The molecule has 5 rings (SSSR count). The van der Waals surface area contributed by atoms with Gasteiger partial charge in [-0.2, -0.15) is 0 Å². The molecule has 0 amide bonds. The van der Waals surface area contributed by atoms with Crippen molar-refractivity contribution in [2.24, 2.45) is 11.8 Å².